The number of amides is 1. The van der Waals surface area contributed by atoms with Gasteiger partial charge in [0.05, 0.1) is 11.3 Å². The molecule has 21 heavy (non-hydrogen) atoms. The van der Waals surface area contributed by atoms with Gasteiger partial charge in [-0.3, -0.25) is 4.79 Å². The number of carboxylic acid groups (broad SMARTS) is 1. The minimum absolute atomic E-state index is 0.0145. The third-order valence-electron chi connectivity index (χ3n) is 2.73. The zero-order valence-electron chi connectivity index (χ0n) is 10.9. The maximum absolute atomic E-state index is 13.0. The van der Waals surface area contributed by atoms with E-state index in [2.05, 4.69) is 10.3 Å². The summed E-state index contributed by atoms with van der Waals surface area (Å²) in [5.74, 6) is -3.90. The summed E-state index contributed by atoms with van der Waals surface area (Å²) < 4.78 is 25.8. The molecule has 0 saturated carbocycles. The minimum Gasteiger partial charge on any atom is -0.478 e. The molecule has 1 heterocycles. The van der Waals surface area contributed by atoms with E-state index in [0.717, 1.165) is 12.1 Å². The van der Waals surface area contributed by atoms with Gasteiger partial charge in [0.2, 0.25) is 0 Å². The molecule has 0 aliphatic rings. The van der Waals surface area contributed by atoms with E-state index < -0.39 is 23.5 Å². The van der Waals surface area contributed by atoms with E-state index >= 15 is 0 Å². The fourth-order valence-electron chi connectivity index (χ4n) is 1.68. The van der Waals surface area contributed by atoms with E-state index in [1.54, 1.807) is 0 Å². The Balaban J connectivity index is 2.22. The van der Waals surface area contributed by atoms with Crippen LogP contribution in [0.1, 0.15) is 26.5 Å². The molecular weight excluding hydrogens is 282 g/mol. The third kappa shape index (κ3) is 3.19. The van der Waals surface area contributed by atoms with Crippen molar-refractivity contribution in [3.8, 4) is 0 Å². The fourth-order valence-corrected chi connectivity index (χ4v) is 1.68. The number of aryl methyl sites for hydroxylation is 1. The Morgan fingerprint density at radius 1 is 1.14 bits per heavy atom. The third-order valence-corrected chi connectivity index (χ3v) is 2.73. The lowest BCUT2D eigenvalue weighted by Crippen LogP contribution is -2.15. The highest BCUT2D eigenvalue weighted by molar-refractivity contribution is 6.03. The number of aromatic carboxylic acids is 1. The van der Waals surface area contributed by atoms with Crippen LogP contribution in [0.2, 0.25) is 0 Å². The zero-order chi connectivity index (χ0) is 15.6. The van der Waals surface area contributed by atoms with Gasteiger partial charge >= 0.3 is 5.97 Å². The summed E-state index contributed by atoms with van der Waals surface area (Å²) >= 11 is 0. The molecule has 1 amide bonds. The minimum atomic E-state index is -1.15. The molecule has 108 valence electrons. The number of hydrogen-bond acceptors (Lipinski definition) is 3. The summed E-state index contributed by atoms with van der Waals surface area (Å²) in [7, 11) is 0. The second-order valence-corrected chi connectivity index (χ2v) is 4.22. The van der Waals surface area contributed by atoms with Crippen LogP contribution in [0.4, 0.5) is 14.5 Å². The van der Waals surface area contributed by atoms with Crippen molar-refractivity contribution in [3.05, 3.63) is 58.9 Å². The molecule has 0 bridgehead atoms. The average Bonchev–Trinajstić information content (AvgIpc) is 2.42. The van der Waals surface area contributed by atoms with Crippen molar-refractivity contribution in [3.63, 3.8) is 0 Å². The summed E-state index contributed by atoms with van der Waals surface area (Å²) in [6.07, 6.45) is 0. The molecule has 0 fully saturated rings. The van der Waals surface area contributed by atoms with Crippen LogP contribution < -0.4 is 5.32 Å². The van der Waals surface area contributed by atoms with E-state index in [1.165, 1.54) is 25.1 Å². The monoisotopic (exact) mass is 292 g/mol. The summed E-state index contributed by atoms with van der Waals surface area (Å²) in [4.78, 5) is 26.6. The number of carbonyl (C=O) groups is 2. The number of pyridine rings is 1. The number of carbonyl (C=O) groups excluding carboxylic acids is 1. The second kappa shape index (κ2) is 5.66. The van der Waals surface area contributed by atoms with Crippen LogP contribution in [-0.2, 0) is 0 Å². The quantitative estimate of drug-likeness (QED) is 0.911. The second-order valence-electron chi connectivity index (χ2n) is 4.22. The molecule has 1 aromatic heterocycles. The van der Waals surface area contributed by atoms with Crippen LogP contribution in [0, 0.1) is 18.6 Å². The highest BCUT2D eigenvalue weighted by atomic mass is 19.2. The fraction of sp³-hybridized carbons (Fsp3) is 0.0714. The van der Waals surface area contributed by atoms with Crippen LogP contribution >= 0.6 is 0 Å². The average molecular weight is 292 g/mol. The van der Waals surface area contributed by atoms with Gasteiger partial charge in [0.25, 0.3) is 5.91 Å². The van der Waals surface area contributed by atoms with Gasteiger partial charge in [0, 0.05) is 11.8 Å². The van der Waals surface area contributed by atoms with Gasteiger partial charge in [-0.1, -0.05) is 0 Å². The largest absolute Gasteiger partial charge is 0.478 e. The molecule has 0 unspecified atom stereocenters. The molecule has 0 radical (unpaired) electrons. The Kier molecular flexibility index (Phi) is 3.93. The van der Waals surface area contributed by atoms with Crippen molar-refractivity contribution in [2.45, 2.75) is 6.92 Å². The summed E-state index contributed by atoms with van der Waals surface area (Å²) in [5, 5.41) is 11.2. The Bertz CT molecular complexity index is 732. The molecule has 0 aliphatic heterocycles. The van der Waals surface area contributed by atoms with Crippen LogP contribution in [0.15, 0.2) is 30.3 Å². The van der Waals surface area contributed by atoms with Crippen LogP contribution in [0.25, 0.3) is 0 Å². The van der Waals surface area contributed by atoms with Gasteiger partial charge in [0.1, 0.15) is 5.69 Å². The SMILES string of the molecule is Cc1nc(C(=O)Nc2ccc(F)c(F)c2)ccc1C(=O)O. The maximum atomic E-state index is 13.0. The molecule has 0 atom stereocenters. The lowest BCUT2D eigenvalue weighted by Gasteiger charge is -2.07. The first-order chi connectivity index (χ1) is 9.88. The van der Waals surface area contributed by atoms with Crippen molar-refractivity contribution < 1.29 is 23.5 Å². The number of carboxylic acids is 1. The Morgan fingerprint density at radius 2 is 1.86 bits per heavy atom. The molecule has 7 heteroatoms. The molecule has 0 spiro atoms. The molecule has 2 aromatic rings. The molecule has 0 aliphatic carbocycles. The van der Waals surface area contributed by atoms with Gasteiger partial charge in [-0.15, -0.1) is 0 Å². The van der Waals surface area contributed by atoms with Gasteiger partial charge in [0.15, 0.2) is 11.6 Å². The van der Waals surface area contributed by atoms with E-state index in [-0.39, 0.29) is 22.6 Å². The molecule has 2 rings (SSSR count). The first-order valence-electron chi connectivity index (χ1n) is 5.86. The molecule has 5 nitrogen and oxygen atoms in total. The number of hydrogen-bond donors (Lipinski definition) is 2. The predicted molar refractivity (Wildman–Crippen MR) is 70.2 cm³/mol. The molecule has 2 N–H and O–H groups in total. The van der Waals surface area contributed by atoms with Crippen molar-refractivity contribution in [1.82, 2.24) is 4.98 Å². The number of nitrogens with zero attached hydrogens (tertiary/aromatic N) is 1. The Labute approximate surface area is 118 Å². The van der Waals surface area contributed by atoms with Crippen molar-refractivity contribution in [2.24, 2.45) is 0 Å². The smallest absolute Gasteiger partial charge is 0.337 e. The van der Waals surface area contributed by atoms with Crippen LogP contribution in [-0.4, -0.2) is 22.0 Å². The van der Waals surface area contributed by atoms with Gasteiger partial charge in [-0.05, 0) is 31.2 Å². The van der Waals surface area contributed by atoms with Crippen LogP contribution in [0.3, 0.4) is 0 Å². The lowest BCUT2D eigenvalue weighted by atomic mass is 10.2. The summed E-state index contributed by atoms with van der Waals surface area (Å²) in [6.45, 7) is 1.46. The topological polar surface area (TPSA) is 79.3 Å². The standard InChI is InChI=1S/C14H10F2N2O3/c1-7-9(14(20)21)3-5-12(17-7)13(19)18-8-2-4-10(15)11(16)6-8/h2-6H,1H3,(H,18,19)(H,20,21). The summed E-state index contributed by atoms with van der Waals surface area (Å²) in [6, 6.07) is 5.42. The van der Waals surface area contributed by atoms with E-state index in [1.807, 2.05) is 0 Å². The lowest BCUT2D eigenvalue weighted by molar-refractivity contribution is 0.0695. The maximum Gasteiger partial charge on any atom is 0.337 e. The van der Waals surface area contributed by atoms with E-state index in [4.69, 9.17) is 5.11 Å². The zero-order valence-corrected chi connectivity index (χ0v) is 10.9. The number of nitrogens with one attached hydrogen (secondary N) is 1. The van der Waals surface area contributed by atoms with E-state index in [0.29, 0.717) is 0 Å². The van der Waals surface area contributed by atoms with Gasteiger partial charge < -0.3 is 10.4 Å². The van der Waals surface area contributed by atoms with Gasteiger partial charge in [-0.2, -0.15) is 0 Å². The molecular formula is C14H10F2N2O3. The normalized spacial score (nSPS) is 10.2. The predicted octanol–water partition coefficient (Wildman–Crippen LogP) is 2.62. The van der Waals surface area contributed by atoms with Gasteiger partial charge in [-0.25, -0.2) is 18.6 Å². The number of benzene rings is 1. The first-order valence-corrected chi connectivity index (χ1v) is 5.86. The molecule has 1 aromatic carbocycles. The highest BCUT2D eigenvalue weighted by Gasteiger charge is 2.14. The number of rotatable bonds is 3. The number of halogens is 2. The van der Waals surface area contributed by atoms with Crippen molar-refractivity contribution >= 4 is 17.6 Å². The van der Waals surface area contributed by atoms with E-state index in [9.17, 15) is 18.4 Å². The van der Waals surface area contributed by atoms with Crippen molar-refractivity contribution in [1.29, 1.82) is 0 Å². The van der Waals surface area contributed by atoms with Crippen molar-refractivity contribution in [2.75, 3.05) is 5.32 Å². The summed E-state index contributed by atoms with van der Waals surface area (Å²) in [5.41, 5.74) is 0.211. The number of anilines is 1. The highest BCUT2D eigenvalue weighted by Crippen LogP contribution is 2.14. The Hall–Kier alpha value is -2.83. The first kappa shape index (κ1) is 14.6. The van der Waals surface area contributed by atoms with Crippen LogP contribution in [0.5, 0.6) is 0 Å². The molecule has 0 saturated heterocycles. The Morgan fingerprint density at radius 3 is 2.43 bits per heavy atom. The number of aromatic nitrogens is 1.